The minimum Gasteiger partial charge on any atom is -0.497 e. The number of hydrogen-bond donors (Lipinski definition) is 1. The molecule has 0 unspecified atom stereocenters. The monoisotopic (exact) mass is 257 g/mol. The average Bonchev–Trinajstić information content (AvgIpc) is 2.46. The molecule has 0 fully saturated rings. The maximum atomic E-state index is 5.13. The largest absolute Gasteiger partial charge is 0.497 e. The Morgan fingerprint density at radius 1 is 1.11 bits per heavy atom. The fourth-order valence-electron chi connectivity index (χ4n) is 1.75. The van der Waals surface area contributed by atoms with Crippen LogP contribution in [0.1, 0.15) is 17.0 Å². The van der Waals surface area contributed by atoms with Gasteiger partial charge in [-0.15, -0.1) is 0 Å². The van der Waals surface area contributed by atoms with E-state index < -0.39 is 0 Å². The Kier molecular flexibility index (Phi) is 4.86. The van der Waals surface area contributed by atoms with Crippen LogP contribution in [0, 0.1) is 6.92 Å². The summed E-state index contributed by atoms with van der Waals surface area (Å²) in [5, 5.41) is 3.36. The van der Waals surface area contributed by atoms with E-state index in [1.807, 2.05) is 25.3 Å². The first-order valence-corrected chi connectivity index (χ1v) is 6.39. The van der Waals surface area contributed by atoms with Gasteiger partial charge in [0.25, 0.3) is 0 Å². The van der Waals surface area contributed by atoms with Crippen molar-refractivity contribution in [2.75, 3.05) is 13.7 Å². The lowest BCUT2D eigenvalue weighted by Gasteiger charge is -2.05. The van der Waals surface area contributed by atoms with Crippen molar-refractivity contribution in [3.63, 3.8) is 0 Å². The van der Waals surface area contributed by atoms with Crippen LogP contribution in [0.4, 0.5) is 0 Å². The Bertz CT molecular complexity index is 494. The highest BCUT2D eigenvalue weighted by atomic mass is 16.5. The van der Waals surface area contributed by atoms with Gasteiger partial charge in [0.05, 0.1) is 18.5 Å². The molecule has 100 valence electrons. The van der Waals surface area contributed by atoms with E-state index >= 15 is 0 Å². The van der Waals surface area contributed by atoms with Crippen molar-refractivity contribution in [3.8, 4) is 5.75 Å². The second-order valence-corrected chi connectivity index (χ2v) is 4.42. The van der Waals surface area contributed by atoms with Crippen LogP contribution in [0.5, 0.6) is 5.75 Å². The van der Waals surface area contributed by atoms with E-state index in [-0.39, 0.29) is 0 Å². The van der Waals surface area contributed by atoms with Crippen molar-refractivity contribution in [2.45, 2.75) is 19.9 Å². The third kappa shape index (κ3) is 4.34. The van der Waals surface area contributed by atoms with Crippen LogP contribution in [0.25, 0.3) is 0 Å². The molecule has 1 N–H and O–H groups in total. The minimum atomic E-state index is 0.753. The molecule has 2 aromatic rings. The lowest BCUT2D eigenvalue weighted by atomic mass is 10.1. The van der Waals surface area contributed by atoms with Gasteiger partial charge in [-0.3, -0.25) is 9.97 Å². The molecule has 0 aliphatic carbocycles. The first kappa shape index (κ1) is 13.5. The van der Waals surface area contributed by atoms with E-state index in [0.717, 1.165) is 36.6 Å². The van der Waals surface area contributed by atoms with Gasteiger partial charge in [-0.1, -0.05) is 12.1 Å². The minimum absolute atomic E-state index is 0.753. The van der Waals surface area contributed by atoms with Crippen LogP contribution in [0.15, 0.2) is 36.7 Å². The number of nitrogens with one attached hydrogen (secondary N) is 1. The topological polar surface area (TPSA) is 47.0 Å². The van der Waals surface area contributed by atoms with E-state index in [1.54, 1.807) is 13.3 Å². The van der Waals surface area contributed by atoms with Gasteiger partial charge in [0.15, 0.2) is 0 Å². The van der Waals surface area contributed by atoms with E-state index in [1.165, 1.54) is 5.56 Å². The fourth-order valence-corrected chi connectivity index (χ4v) is 1.75. The Balaban J connectivity index is 1.72. The lowest BCUT2D eigenvalue weighted by molar-refractivity contribution is 0.414. The molecule has 1 aromatic carbocycles. The smallest absolute Gasteiger partial charge is 0.118 e. The quantitative estimate of drug-likeness (QED) is 0.805. The van der Waals surface area contributed by atoms with E-state index in [9.17, 15) is 0 Å². The van der Waals surface area contributed by atoms with Crippen LogP contribution in [0.3, 0.4) is 0 Å². The molecule has 0 bridgehead atoms. The zero-order valence-corrected chi connectivity index (χ0v) is 11.4. The van der Waals surface area contributed by atoms with Crippen LogP contribution < -0.4 is 10.1 Å². The van der Waals surface area contributed by atoms with Crippen molar-refractivity contribution in [1.82, 2.24) is 15.3 Å². The molecule has 4 heteroatoms. The van der Waals surface area contributed by atoms with Crippen molar-refractivity contribution in [1.29, 1.82) is 0 Å². The maximum absolute atomic E-state index is 5.13. The Morgan fingerprint density at radius 2 is 1.89 bits per heavy atom. The molecule has 0 aliphatic heterocycles. The summed E-state index contributed by atoms with van der Waals surface area (Å²) < 4.78 is 5.13. The van der Waals surface area contributed by atoms with Gasteiger partial charge in [0.2, 0.25) is 0 Å². The van der Waals surface area contributed by atoms with Gasteiger partial charge in [0.1, 0.15) is 5.75 Å². The molecule has 0 radical (unpaired) electrons. The van der Waals surface area contributed by atoms with Gasteiger partial charge in [-0.25, -0.2) is 0 Å². The van der Waals surface area contributed by atoms with Crippen molar-refractivity contribution in [2.24, 2.45) is 0 Å². The molecule has 0 atom stereocenters. The lowest BCUT2D eigenvalue weighted by Crippen LogP contribution is -2.17. The van der Waals surface area contributed by atoms with Crippen LogP contribution in [0.2, 0.25) is 0 Å². The molecule has 1 aromatic heterocycles. The van der Waals surface area contributed by atoms with Crippen LogP contribution in [-0.4, -0.2) is 23.6 Å². The van der Waals surface area contributed by atoms with Crippen molar-refractivity contribution >= 4 is 0 Å². The third-order valence-electron chi connectivity index (χ3n) is 2.89. The summed E-state index contributed by atoms with van der Waals surface area (Å²) in [6, 6.07) is 8.15. The van der Waals surface area contributed by atoms with Gasteiger partial charge < -0.3 is 10.1 Å². The van der Waals surface area contributed by atoms with Gasteiger partial charge in [-0.2, -0.15) is 0 Å². The Hall–Kier alpha value is -1.94. The normalized spacial score (nSPS) is 10.4. The van der Waals surface area contributed by atoms with Crippen molar-refractivity contribution in [3.05, 3.63) is 53.6 Å². The molecule has 0 amide bonds. The van der Waals surface area contributed by atoms with Crippen LogP contribution in [-0.2, 0) is 13.0 Å². The first-order chi connectivity index (χ1) is 9.28. The van der Waals surface area contributed by atoms with Crippen molar-refractivity contribution < 1.29 is 4.74 Å². The summed E-state index contributed by atoms with van der Waals surface area (Å²) in [6.07, 6.45) is 4.60. The summed E-state index contributed by atoms with van der Waals surface area (Å²) in [6.45, 7) is 3.61. The van der Waals surface area contributed by atoms with E-state index in [2.05, 4.69) is 27.4 Å². The summed E-state index contributed by atoms with van der Waals surface area (Å²) >= 11 is 0. The standard InChI is InChI=1S/C15H19N3O/c1-12-9-18-14(11-17-12)10-16-8-7-13-3-5-15(19-2)6-4-13/h3-6,9,11,16H,7-8,10H2,1-2H3. The number of ether oxygens (including phenoxy) is 1. The second-order valence-electron chi connectivity index (χ2n) is 4.42. The number of hydrogen-bond acceptors (Lipinski definition) is 4. The molecular formula is C15H19N3O. The molecular weight excluding hydrogens is 238 g/mol. The summed E-state index contributed by atoms with van der Waals surface area (Å²) in [5.41, 5.74) is 3.21. The highest BCUT2D eigenvalue weighted by Crippen LogP contribution is 2.11. The molecule has 0 saturated carbocycles. The molecule has 0 spiro atoms. The molecule has 0 saturated heterocycles. The molecule has 1 heterocycles. The highest BCUT2D eigenvalue weighted by Gasteiger charge is 1.97. The number of aryl methyl sites for hydroxylation is 1. The Labute approximate surface area is 113 Å². The zero-order valence-electron chi connectivity index (χ0n) is 11.4. The maximum Gasteiger partial charge on any atom is 0.118 e. The number of aromatic nitrogens is 2. The SMILES string of the molecule is COc1ccc(CCNCc2cnc(C)cn2)cc1. The number of methoxy groups -OCH3 is 1. The predicted octanol–water partition coefficient (Wildman–Crippen LogP) is 2.13. The van der Waals surface area contributed by atoms with Gasteiger partial charge >= 0.3 is 0 Å². The van der Waals surface area contributed by atoms with Crippen LogP contribution >= 0.6 is 0 Å². The second kappa shape index (κ2) is 6.85. The summed E-state index contributed by atoms with van der Waals surface area (Å²) in [4.78, 5) is 8.52. The first-order valence-electron chi connectivity index (χ1n) is 6.39. The number of rotatable bonds is 6. The van der Waals surface area contributed by atoms with Gasteiger partial charge in [0, 0.05) is 18.9 Å². The number of nitrogens with zero attached hydrogens (tertiary/aromatic N) is 2. The van der Waals surface area contributed by atoms with E-state index in [0.29, 0.717) is 0 Å². The van der Waals surface area contributed by atoms with E-state index in [4.69, 9.17) is 4.74 Å². The Morgan fingerprint density at radius 3 is 2.53 bits per heavy atom. The average molecular weight is 257 g/mol. The zero-order chi connectivity index (χ0) is 13.5. The predicted molar refractivity (Wildman–Crippen MR) is 75.2 cm³/mol. The summed E-state index contributed by atoms with van der Waals surface area (Å²) in [7, 11) is 1.68. The molecule has 0 aliphatic rings. The fraction of sp³-hybridized carbons (Fsp3) is 0.333. The highest BCUT2D eigenvalue weighted by molar-refractivity contribution is 5.27. The third-order valence-corrected chi connectivity index (χ3v) is 2.89. The summed E-state index contributed by atoms with van der Waals surface area (Å²) in [5.74, 6) is 0.895. The molecule has 2 rings (SSSR count). The molecule has 19 heavy (non-hydrogen) atoms. The number of benzene rings is 1. The van der Waals surface area contributed by atoms with Gasteiger partial charge in [-0.05, 0) is 37.6 Å². The molecule has 4 nitrogen and oxygen atoms in total.